The van der Waals surface area contributed by atoms with Gasteiger partial charge in [-0.15, -0.1) is 0 Å². The van der Waals surface area contributed by atoms with Gasteiger partial charge in [-0.2, -0.15) is 0 Å². The Morgan fingerprint density at radius 3 is 2.75 bits per heavy atom. The van der Waals surface area contributed by atoms with Gasteiger partial charge in [-0.1, -0.05) is 12.1 Å². The molecule has 0 bridgehead atoms. The van der Waals surface area contributed by atoms with Gasteiger partial charge in [-0.25, -0.2) is 0 Å². The van der Waals surface area contributed by atoms with Crippen molar-refractivity contribution in [2.24, 2.45) is 5.73 Å². The third kappa shape index (κ3) is 1.83. The standard InChI is InChI=1S/C13H18N2O/c1-8-3-4-9(2)13-12(8)10(5-6-14)7-11(16)15-13/h3-4,10H,5-7,14H2,1-2H3,(H,15,16). The van der Waals surface area contributed by atoms with Crippen molar-refractivity contribution < 1.29 is 4.79 Å². The summed E-state index contributed by atoms with van der Waals surface area (Å²) in [7, 11) is 0. The molecule has 3 heteroatoms. The zero-order chi connectivity index (χ0) is 11.7. The van der Waals surface area contributed by atoms with Crippen LogP contribution >= 0.6 is 0 Å². The molecule has 1 aliphatic rings. The average Bonchev–Trinajstić information content (AvgIpc) is 2.23. The zero-order valence-electron chi connectivity index (χ0n) is 9.84. The highest BCUT2D eigenvalue weighted by atomic mass is 16.1. The van der Waals surface area contributed by atoms with Crippen molar-refractivity contribution in [1.82, 2.24) is 0 Å². The van der Waals surface area contributed by atoms with Crippen LogP contribution in [0.5, 0.6) is 0 Å². The molecule has 1 aromatic carbocycles. The van der Waals surface area contributed by atoms with Crippen LogP contribution in [0.3, 0.4) is 0 Å². The highest BCUT2D eigenvalue weighted by molar-refractivity contribution is 5.96. The van der Waals surface area contributed by atoms with E-state index in [1.54, 1.807) is 0 Å². The van der Waals surface area contributed by atoms with E-state index in [0.717, 1.165) is 17.7 Å². The van der Waals surface area contributed by atoms with E-state index in [2.05, 4.69) is 24.4 Å². The van der Waals surface area contributed by atoms with Crippen molar-refractivity contribution in [3.63, 3.8) is 0 Å². The quantitative estimate of drug-likeness (QED) is 0.798. The van der Waals surface area contributed by atoms with Crippen molar-refractivity contribution in [2.75, 3.05) is 11.9 Å². The highest BCUT2D eigenvalue weighted by Gasteiger charge is 2.26. The average molecular weight is 218 g/mol. The number of nitrogens with two attached hydrogens (primary N) is 1. The molecule has 1 amide bonds. The monoisotopic (exact) mass is 218 g/mol. The van der Waals surface area contributed by atoms with Gasteiger partial charge in [0.2, 0.25) is 5.91 Å². The number of nitrogens with one attached hydrogen (secondary N) is 1. The van der Waals surface area contributed by atoms with Gasteiger partial charge in [-0.05, 0) is 49.4 Å². The summed E-state index contributed by atoms with van der Waals surface area (Å²) < 4.78 is 0. The van der Waals surface area contributed by atoms with Gasteiger partial charge in [0.05, 0.1) is 0 Å². The van der Waals surface area contributed by atoms with E-state index in [0.29, 0.717) is 13.0 Å². The number of hydrogen-bond donors (Lipinski definition) is 2. The van der Waals surface area contributed by atoms with Crippen LogP contribution in [0.15, 0.2) is 12.1 Å². The minimum absolute atomic E-state index is 0.111. The van der Waals surface area contributed by atoms with Gasteiger partial charge in [0.25, 0.3) is 0 Å². The smallest absolute Gasteiger partial charge is 0.225 e. The molecule has 0 aliphatic carbocycles. The highest BCUT2D eigenvalue weighted by Crippen LogP contribution is 2.38. The lowest BCUT2D eigenvalue weighted by molar-refractivity contribution is -0.116. The first kappa shape index (κ1) is 11.1. The van der Waals surface area contributed by atoms with Crippen molar-refractivity contribution in [3.05, 3.63) is 28.8 Å². The summed E-state index contributed by atoms with van der Waals surface area (Å²) in [6, 6.07) is 4.18. The first-order chi connectivity index (χ1) is 7.63. The molecular formula is C13H18N2O. The van der Waals surface area contributed by atoms with Crippen LogP contribution in [-0.2, 0) is 4.79 Å². The van der Waals surface area contributed by atoms with Gasteiger partial charge in [-0.3, -0.25) is 4.79 Å². The van der Waals surface area contributed by atoms with Crippen molar-refractivity contribution >= 4 is 11.6 Å². The number of aryl methyl sites for hydroxylation is 2. The fraction of sp³-hybridized carbons (Fsp3) is 0.462. The minimum atomic E-state index is 0.111. The number of fused-ring (bicyclic) bond motifs is 1. The minimum Gasteiger partial charge on any atom is -0.330 e. The molecule has 0 spiro atoms. The Balaban J connectivity index is 2.51. The van der Waals surface area contributed by atoms with Crippen molar-refractivity contribution in [3.8, 4) is 0 Å². The molecule has 2 rings (SSSR count). The maximum Gasteiger partial charge on any atom is 0.225 e. The molecule has 1 atom stereocenters. The molecule has 1 aliphatic heterocycles. The summed E-state index contributed by atoms with van der Waals surface area (Å²) in [5, 5.41) is 2.98. The first-order valence-electron chi connectivity index (χ1n) is 5.73. The number of hydrogen-bond acceptors (Lipinski definition) is 2. The van der Waals surface area contributed by atoms with Crippen molar-refractivity contribution in [1.29, 1.82) is 0 Å². The molecule has 1 unspecified atom stereocenters. The van der Waals surface area contributed by atoms with Crippen LogP contribution < -0.4 is 11.1 Å². The molecule has 86 valence electrons. The molecule has 0 aromatic heterocycles. The molecule has 0 saturated carbocycles. The Morgan fingerprint density at radius 1 is 1.38 bits per heavy atom. The Kier molecular flexibility index (Phi) is 2.97. The lowest BCUT2D eigenvalue weighted by atomic mass is 9.84. The van der Waals surface area contributed by atoms with E-state index < -0.39 is 0 Å². The fourth-order valence-electron chi connectivity index (χ4n) is 2.49. The van der Waals surface area contributed by atoms with Gasteiger partial charge < -0.3 is 11.1 Å². The molecule has 1 aromatic rings. The van der Waals surface area contributed by atoms with Crippen LogP contribution in [0.25, 0.3) is 0 Å². The second-order valence-electron chi connectivity index (χ2n) is 4.51. The fourth-order valence-corrected chi connectivity index (χ4v) is 2.49. The SMILES string of the molecule is Cc1ccc(C)c2c1NC(=O)CC2CCN. The summed E-state index contributed by atoms with van der Waals surface area (Å²) in [5.41, 5.74) is 10.3. The summed E-state index contributed by atoms with van der Waals surface area (Å²) in [4.78, 5) is 11.6. The Morgan fingerprint density at radius 2 is 2.06 bits per heavy atom. The molecule has 16 heavy (non-hydrogen) atoms. The Labute approximate surface area is 96.0 Å². The van der Waals surface area contributed by atoms with Crippen LogP contribution in [0.1, 0.15) is 35.4 Å². The maximum absolute atomic E-state index is 11.6. The Hall–Kier alpha value is -1.35. The van der Waals surface area contributed by atoms with E-state index in [1.165, 1.54) is 11.1 Å². The van der Waals surface area contributed by atoms with Crippen LogP contribution in [-0.4, -0.2) is 12.5 Å². The predicted octanol–water partition coefficient (Wildman–Crippen LogP) is 2.08. The number of benzene rings is 1. The second kappa shape index (κ2) is 4.26. The summed E-state index contributed by atoms with van der Waals surface area (Å²) in [5.74, 6) is 0.397. The number of carbonyl (C=O) groups is 1. The molecule has 1 heterocycles. The topological polar surface area (TPSA) is 55.1 Å². The van der Waals surface area contributed by atoms with E-state index in [4.69, 9.17) is 5.73 Å². The van der Waals surface area contributed by atoms with Crippen LogP contribution in [0.4, 0.5) is 5.69 Å². The second-order valence-corrected chi connectivity index (χ2v) is 4.51. The zero-order valence-corrected chi connectivity index (χ0v) is 9.84. The normalized spacial score (nSPS) is 19.2. The summed E-state index contributed by atoms with van der Waals surface area (Å²) in [6.07, 6.45) is 1.44. The summed E-state index contributed by atoms with van der Waals surface area (Å²) in [6.45, 7) is 4.76. The maximum atomic E-state index is 11.6. The molecule has 0 radical (unpaired) electrons. The lowest BCUT2D eigenvalue weighted by Crippen LogP contribution is -2.25. The van der Waals surface area contributed by atoms with E-state index >= 15 is 0 Å². The van der Waals surface area contributed by atoms with Crippen LogP contribution in [0.2, 0.25) is 0 Å². The number of carbonyl (C=O) groups excluding carboxylic acids is 1. The Bertz CT molecular complexity index is 426. The van der Waals surface area contributed by atoms with Gasteiger partial charge in [0.15, 0.2) is 0 Å². The largest absolute Gasteiger partial charge is 0.330 e. The van der Waals surface area contributed by atoms with Gasteiger partial charge in [0.1, 0.15) is 0 Å². The van der Waals surface area contributed by atoms with E-state index in [9.17, 15) is 4.79 Å². The molecular weight excluding hydrogens is 200 g/mol. The summed E-state index contributed by atoms with van der Waals surface area (Å²) >= 11 is 0. The predicted molar refractivity (Wildman–Crippen MR) is 65.6 cm³/mol. The van der Waals surface area contributed by atoms with E-state index in [1.807, 2.05) is 6.92 Å². The number of anilines is 1. The molecule has 3 nitrogen and oxygen atoms in total. The third-order valence-electron chi connectivity index (χ3n) is 3.29. The first-order valence-corrected chi connectivity index (χ1v) is 5.73. The van der Waals surface area contributed by atoms with Gasteiger partial charge in [0, 0.05) is 12.1 Å². The number of amides is 1. The molecule has 3 N–H and O–H groups in total. The van der Waals surface area contributed by atoms with E-state index in [-0.39, 0.29) is 11.8 Å². The molecule has 0 saturated heterocycles. The lowest BCUT2D eigenvalue weighted by Gasteiger charge is -2.28. The molecule has 0 fully saturated rings. The van der Waals surface area contributed by atoms with Crippen LogP contribution in [0, 0.1) is 13.8 Å². The number of rotatable bonds is 2. The van der Waals surface area contributed by atoms with Crippen molar-refractivity contribution in [2.45, 2.75) is 32.6 Å². The van der Waals surface area contributed by atoms with Gasteiger partial charge >= 0.3 is 0 Å². The third-order valence-corrected chi connectivity index (χ3v) is 3.29.